The molecule has 0 unspecified atom stereocenters. The van der Waals surface area contributed by atoms with Crippen molar-refractivity contribution in [3.05, 3.63) is 100 Å². The molecule has 0 saturated carbocycles. The molecule has 3 heterocycles. The van der Waals surface area contributed by atoms with Crippen LogP contribution < -0.4 is 27.0 Å². The molecule has 0 spiro atoms. The third-order valence-corrected chi connectivity index (χ3v) is 6.76. The number of hydrogen-bond donors (Lipinski definition) is 6. The number of carbonyl (C=O) groups is 3. The van der Waals surface area contributed by atoms with E-state index in [0.29, 0.717) is 57.4 Å². The second-order valence-corrected chi connectivity index (χ2v) is 9.67. The summed E-state index contributed by atoms with van der Waals surface area (Å²) in [5, 5.41) is 11.3. The number of aromatic nitrogens is 2. The van der Waals surface area contributed by atoms with Gasteiger partial charge in [0.25, 0.3) is 17.7 Å². The van der Waals surface area contributed by atoms with Crippen molar-refractivity contribution in [3.63, 3.8) is 0 Å². The second-order valence-electron chi connectivity index (χ2n) is 9.67. The first kappa shape index (κ1) is 28.0. The lowest BCUT2D eigenvalue weighted by molar-refractivity contribution is -0.110. The summed E-state index contributed by atoms with van der Waals surface area (Å²) in [6, 6.07) is 11.0. The number of nitrogens with one attached hydrogen (secondary N) is 5. The molecular weight excluding hydrogens is 544 g/mol. The third-order valence-electron chi connectivity index (χ3n) is 6.76. The minimum Gasteiger partial charge on any atom is -0.397 e. The van der Waals surface area contributed by atoms with E-state index in [-0.39, 0.29) is 29.6 Å². The number of benzene rings is 2. The summed E-state index contributed by atoms with van der Waals surface area (Å²) in [5.41, 5.74) is 10.0. The molecule has 214 valence electrons. The smallest absolute Gasteiger partial charge is 0.257 e. The fourth-order valence-corrected chi connectivity index (χ4v) is 4.64. The van der Waals surface area contributed by atoms with Crippen molar-refractivity contribution >= 4 is 52.3 Å². The van der Waals surface area contributed by atoms with Crippen LogP contribution in [0, 0.1) is 25.5 Å². The van der Waals surface area contributed by atoms with Gasteiger partial charge in [0, 0.05) is 41.9 Å². The molecule has 7 N–H and O–H groups in total. The molecule has 0 aliphatic carbocycles. The van der Waals surface area contributed by atoms with Gasteiger partial charge in [-0.05, 0) is 74.0 Å². The zero-order valence-corrected chi connectivity index (χ0v) is 22.7. The molecule has 10 nitrogen and oxygen atoms in total. The van der Waals surface area contributed by atoms with E-state index in [1.54, 1.807) is 32.1 Å². The Balaban J connectivity index is 1.16. The molecule has 2 aromatic carbocycles. The van der Waals surface area contributed by atoms with Gasteiger partial charge in [-0.2, -0.15) is 0 Å². The van der Waals surface area contributed by atoms with E-state index in [9.17, 15) is 23.2 Å². The predicted octanol–water partition coefficient (Wildman–Crippen LogP) is 4.47. The minimum absolute atomic E-state index is 0.110. The number of hydrogen-bond acceptors (Lipinski definition) is 6. The highest BCUT2D eigenvalue weighted by molar-refractivity contribution is 6.35. The average Bonchev–Trinajstić information content (AvgIpc) is 3.42. The van der Waals surface area contributed by atoms with Crippen LogP contribution in [0.2, 0.25) is 0 Å². The number of nitrogen functional groups attached to an aromatic ring is 1. The number of aromatic amines is 1. The summed E-state index contributed by atoms with van der Waals surface area (Å²) in [7, 11) is 0. The fraction of sp³-hybridized carbons (Fsp3) is 0.133. The van der Waals surface area contributed by atoms with Crippen LogP contribution in [-0.4, -0.2) is 40.8 Å². The van der Waals surface area contributed by atoms with Crippen molar-refractivity contribution < 1.29 is 23.2 Å². The van der Waals surface area contributed by atoms with Crippen molar-refractivity contribution in [1.29, 1.82) is 0 Å². The molecule has 1 aliphatic heterocycles. The number of carbonyl (C=O) groups excluding carboxylic acids is 3. The molecule has 2 aromatic heterocycles. The summed E-state index contributed by atoms with van der Waals surface area (Å²) in [6.07, 6.45) is 3.00. The van der Waals surface area contributed by atoms with Gasteiger partial charge in [0.1, 0.15) is 17.5 Å². The van der Waals surface area contributed by atoms with Crippen LogP contribution in [0.1, 0.15) is 43.2 Å². The van der Waals surface area contributed by atoms with Crippen LogP contribution in [0.15, 0.2) is 54.7 Å². The quantitative estimate of drug-likeness (QED) is 0.104. The van der Waals surface area contributed by atoms with E-state index < -0.39 is 17.5 Å². The highest BCUT2D eigenvalue weighted by Crippen LogP contribution is 2.34. The lowest BCUT2D eigenvalue weighted by Gasteiger charge is -2.10. The molecule has 0 atom stereocenters. The van der Waals surface area contributed by atoms with Crippen LogP contribution >= 0.6 is 0 Å². The van der Waals surface area contributed by atoms with Gasteiger partial charge >= 0.3 is 0 Å². The van der Waals surface area contributed by atoms with E-state index in [0.717, 1.165) is 6.07 Å². The monoisotopic (exact) mass is 571 g/mol. The van der Waals surface area contributed by atoms with Crippen molar-refractivity contribution in [3.8, 4) is 0 Å². The van der Waals surface area contributed by atoms with Crippen LogP contribution in [-0.2, 0) is 4.79 Å². The van der Waals surface area contributed by atoms with Gasteiger partial charge < -0.3 is 32.0 Å². The Hall–Kier alpha value is -5.52. The van der Waals surface area contributed by atoms with Crippen molar-refractivity contribution in [2.24, 2.45) is 0 Å². The molecule has 0 fully saturated rings. The van der Waals surface area contributed by atoms with Crippen LogP contribution in [0.4, 0.5) is 31.7 Å². The first-order valence-electron chi connectivity index (χ1n) is 13.0. The molecular formula is C30H27F2N7O3. The molecule has 1 aliphatic rings. The number of amides is 3. The molecule has 3 amide bonds. The SMILES string of the molecule is Cc1[nH]c(C=C2C(=O)Nc3ccc(F)cc32)c(C)c1C(=O)NCCNc1ccc(C(=O)Nc2ccc(F)cc2N)cn1. The van der Waals surface area contributed by atoms with E-state index >= 15 is 0 Å². The number of H-pyrrole nitrogens is 1. The van der Waals surface area contributed by atoms with Crippen LogP contribution in [0.5, 0.6) is 0 Å². The molecule has 42 heavy (non-hydrogen) atoms. The first-order chi connectivity index (χ1) is 20.1. The van der Waals surface area contributed by atoms with Gasteiger partial charge in [-0.25, -0.2) is 13.8 Å². The summed E-state index contributed by atoms with van der Waals surface area (Å²) >= 11 is 0. The Morgan fingerprint density at radius 2 is 1.76 bits per heavy atom. The van der Waals surface area contributed by atoms with E-state index in [1.807, 2.05) is 0 Å². The van der Waals surface area contributed by atoms with E-state index in [2.05, 4.69) is 31.2 Å². The van der Waals surface area contributed by atoms with Gasteiger partial charge in [-0.15, -0.1) is 0 Å². The minimum atomic E-state index is -0.500. The predicted molar refractivity (Wildman–Crippen MR) is 157 cm³/mol. The number of halogens is 2. The molecule has 5 rings (SSSR count). The summed E-state index contributed by atoms with van der Waals surface area (Å²) in [6.45, 7) is 4.17. The Morgan fingerprint density at radius 1 is 1.00 bits per heavy atom. The van der Waals surface area contributed by atoms with Gasteiger partial charge in [-0.1, -0.05) is 0 Å². The Kier molecular flexibility index (Phi) is 7.69. The maximum atomic E-state index is 13.8. The second kappa shape index (κ2) is 11.5. The maximum absolute atomic E-state index is 13.8. The lowest BCUT2D eigenvalue weighted by Crippen LogP contribution is -2.29. The number of aryl methyl sites for hydroxylation is 1. The molecule has 4 aromatic rings. The number of fused-ring (bicyclic) bond motifs is 1. The Morgan fingerprint density at radius 3 is 2.50 bits per heavy atom. The highest BCUT2D eigenvalue weighted by Gasteiger charge is 2.26. The molecule has 12 heteroatoms. The number of anilines is 4. The largest absolute Gasteiger partial charge is 0.397 e. The summed E-state index contributed by atoms with van der Waals surface area (Å²) < 4.78 is 27.0. The number of pyridine rings is 1. The van der Waals surface area contributed by atoms with E-state index in [1.165, 1.54) is 36.5 Å². The molecule has 0 bridgehead atoms. The Labute approximate surface area is 239 Å². The molecule has 0 radical (unpaired) electrons. The van der Waals surface area contributed by atoms with Gasteiger partial charge in [0.2, 0.25) is 0 Å². The van der Waals surface area contributed by atoms with Crippen LogP contribution in [0.3, 0.4) is 0 Å². The normalized spacial score (nSPS) is 13.0. The summed E-state index contributed by atoms with van der Waals surface area (Å²) in [5.74, 6) is -1.55. The summed E-state index contributed by atoms with van der Waals surface area (Å²) in [4.78, 5) is 45.3. The highest BCUT2D eigenvalue weighted by atomic mass is 19.1. The number of nitrogens with two attached hydrogens (primary N) is 1. The van der Waals surface area contributed by atoms with E-state index in [4.69, 9.17) is 5.73 Å². The third kappa shape index (κ3) is 5.82. The maximum Gasteiger partial charge on any atom is 0.257 e. The van der Waals surface area contributed by atoms with Crippen molar-refractivity contribution in [2.45, 2.75) is 13.8 Å². The molecule has 0 saturated heterocycles. The first-order valence-corrected chi connectivity index (χ1v) is 13.0. The average molecular weight is 572 g/mol. The lowest BCUT2D eigenvalue weighted by atomic mass is 10.0. The zero-order chi connectivity index (χ0) is 30.0. The Bertz CT molecular complexity index is 1750. The van der Waals surface area contributed by atoms with Gasteiger partial charge in [0.15, 0.2) is 0 Å². The van der Waals surface area contributed by atoms with Crippen molar-refractivity contribution in [1.82, 2.24) is 15.3 Å². The number of nitrogens with zero attached hydrogens (tertiary/aromatic N) is 1. The standard InChI is InChI=1S/C30H27F2N7O3/c1-15-25(13-21-20-11-18(31)4-6-23(20)38-29(21)41)37-16(2)27(15)30(42)35-10-9-34-26-8-3-17(14-36-26)28(40)39-24-7-5-19(32)12-22(24)33/h3-8,11-14,37H,9-10,33H2,1-2H3,(H,34,36)(H,35,42)(H,38,41)(H,39,40). The fourth-order valence-electron chi connectivity index (χ4n) is 4.64. The van der Waals surface area contributed by atoms with Crippen molar-refractivity contribution in [2.75, 3.05) is 34.8 Å². The van der Waals surface area contributed by atoms with Gasteiger partial charge in [0.05, 0.1) is 28.1 Å². The van der Waals surface area contributed by atoms with Gasteiger partial charge in [-0.3, -0.25) is 14.4 Å². The zero-order valence-electron chi connectivity index (χ0n) is 22.7. The topological polar surface area (TPSA) is 154 Å². The van der Waals surface area contributed by atoms with Crippen LogP contribution in [0.25, 0.3) is 11.6 Å². The number of rotatable bonds is 8.